The maximum absolute atomic E-state index is 13.9. The number of urea groups is 1. The van der Waals surface area contributed by atoms with Crippen LogP contribution in [0.15, 0.2) is 76.5 Å². The molecule has 0 radical (unpaired) electrons. The van der Waals surface area contributed by atoms with E-state index < -0.39 is 18.1 Å². The minimum absolute atomic E-state index is 0.0406. The molecule has 0 aliphatic carbocycles. The molecule has 1 aliphatic rings. The van der Waals surface area contributed by atoms with Gasteiger partial charge in [0.05, 0.1) is 18.3 Å². The van der Waals surface area contributed by atoms with Crippen molar-refractivity contribution < 1.29 is 14.4 Å². The fourth-order valence-corrected chi connectivity index (χ4v) is 6.08. The van der Waals surface area contributed by atoms with E-state index in [2.05, 4.69) is 16.7 Å². The molecule has 0 saturated carbocycles. The zero-order valence-corrected chi connectivity index (χ0v) is 24.5. The SMILES string of the molecule is CSc1ccc2c(c1)SC[C@@H](NC(=O)C(N)C(C)C)C(=O)N2Cc1ccc(-c2ccccc2CNC(N)=O)cc1. The quantitative estimate of drug-likeness (QED) is 0.280. The molecule has 4 amide bonds. The van der Waals surface area contributed by atoms with Gasteiger partial charge in [-0.05, 0) is 52.6 Å². The molecule has 210 valence electrons. The summed E-state index contributed by atoms with van der Waals surface area (Å²) in [5, 5.41) is 5.56. The number of hydrogen-bond acceptors (Lipinski definition) is 6. The van der Waals surface area contributed by atoms with Crippen molar-refractivity contribution in [2.45, 2.75) is 48.8 Å². The summed E-state index contributed by atoms with van der Waals surface area (Å²) in [4.78, 5) is 41.7. The van der Waals surface area contributed by atoms with Crippen molar-refractivity contribution in [3.8, 4) is 11.1 Å². The number of benzene rings is 3. The summed E-state index contributed by atoms with van der Waals surface area (Å²) in [6.07, 6.45) is 2.02. The highest BCUT2D eigenvalue weighted by Gasteiger charge is 2.33. The Morgan fingerprint density at radius 1 is 1.10 bits per heavy atom. The van der Waals surface area contributed by atoms with Crippen LogP contribution in [0.2, 0.25) is 0 Å². The van der Waals surface area contributed by atoms with Gasteiger partial charge >= 0.3 is 6.03 Å². The maximum Gasteiger partial charge on any atom is 0.312 e. The van der Waals surface area contributed by atoms with E-state index in [0.717, 1.165) is 37.7 Å². The van der Waals surface area contributed by atoms with Gasteiger partial charge < -0.3 is 27.0 Å². The van der Waals surface area contributed by atoms with Crippen molar-refractivity contribution in [2.75, 3.05) is 16.9 Å². The van der Waals surface area contributed by atoms with Crippen molar-refractivity contribution >= 4 is 47.1 Å². The first-order chi connectivity index (χ1) is 19.2. The molecule has 3 aromatic carbocycles. The first-order valence-electron chi connectivity index (χ1n) is 13.1. The average molecular weight is 578 g/mol. The number of primary amides is 1. The highest BCUT2D eigenvalue weighted by molar-refractivity contribution is 8.00. The number of thioether (sulfide) groups is 2. The number of nitrogens with one attached hydrogen (secondary N) is 2. The molecule has 0 saturated heterocycles. The summed E-state index contributed by atoms with van der Waals surface area (Å²) in [6, 6.07) is 20.0. The summed E-state index contributed by atoms with van der Waals surface area (Å²) in [6.45, 7) is 4.45. The van der Waals surface area contributed by atoms with Crippen molar-refractivity contribution in [2.24, 2.45) is 17.4 Å². The number of anilines is 1. The van der Waals surface area contributed by atoms with Gasteiger partial charge in [0.25, 0.3) is 5.91 Å². The molecule has 0 aromatic heterocycles. The van der Waals surface area contributed by atoms with Crippen LogP contribution in [-0.4, -0.2) is 41.9 Å². The van der Waals surface area contributed by atoms with E-state index in [0.29, 0.717) is 18.8 Å². The number of carbonyl (C=O) groups is 3. The molecule has 1 heterocycles. The molecule has 3 aromatic rings. The van der Waals surface area contributed by atoms with Crippen LogP contribution in [-0.2, 0) is 22.7 Å². The van der Waals surface area contributed by atoms with Gasteiger partial charge in [0.1, 0.15) is 6.04 Å². The number of nitrogens with two attached hydrogens (primary N) is 2. The van der Waals surface area contributed by atoms with Gasteiger partial charge in [-0.3, -0.25) is 9.59 Å². The third kappa shape index (κ3) is 6.99. The van der Waals surface area contributed by atoms with Gasteiger partial charge in [-0.25, -0.2) is 4.79 Å². The maximum atomic E-state index is 13.9. The molecule has 40 heavy (non-hydrogen) atoms. The monoisotopic (exact) mass is 577 g/mol. The fraction of sp³-hybridized carbons (Fsp3) is 0.300. The van der Waals surface area contributed by atoms with Crippen LogP contribution in [0.25, 0.3) is 11.1 Å². The van der Waals surface area contributed by atoms with Crippen LogP contribution >= 0.6 is 23.5 Å². The average Bonchev–Trinajstić information content (AvgIpc) is 3.08. The fourth-order valence-electron chi connectivity index (χ4n) is 4.46. The first-order valence-corrected chi connectivity index (χ1v) is 15.3. The predicted molar refractivity (Wildman–Crippen MR) is 163 cm³/mol. The second-order valence-corrected chi connectivity index (χ2v) is 11.9. The van der Waals surface area contributed by atoms with Gasteiger partial charge in [-0.1, -0.05) is 62.4 Å². The number of hydrogen-bond donors (Lipinski definition) is 4. The Balaban J connectivity index is 1.61. The Hall–Kier alpha value is -3.47. The summed E-state index contributed by atoms with van der Waals surface area (Å²) < 4.78 is 0. The lowest BCUT2D eigenvalue weighted by molar-refractivity contribution is -0.128. The lowest BCUT2D eigenvalue weighted by atomic mass is 9.98. The summed E-state index contributed by atoms with van der Waals surface area (Å²) in [7, 11) is 0. The number of fused-ring (bicyclic) bond motifs is 1. The lowest BCUT2D eigenvalue weighted by Crippen LogP contribution is -2.54. The van der Waals surface area contributed by atoms with Crippen molar-refractivity contribution in [3.05, 3.63) is 77.9 Å². The van der Waals surface area contributed by atoms with Crippen molar-refractivity contribution in [3.63, 3.8) is 0 Å². The van der Waals surface area contributed by atoms with Crippen LogP contribution < -0.4 is 27.0 Å². The zero-order chi connectivity index (χ0) is 28.8. The molecule has 6 N–H and O–H groups in total. The van der Waals surface area contributed by atoms with E-state index >= 15 is 0 Å². The highest BCUT2D eigenvalue weighted by Crippen LogP contribution is 2.38. The van der Waals surface area contributed by atoms with Gasteiger partial charge in [0.15, 0.2) is 0 Å². The molecule has 1 unspecified atom stereocenters. The second kappa shape index (κ2) is 13.3. The van der Waals surface area contributed by atoms with Gasteiger partial charge in [0.2, 0.25) is 5.91 Å². The molecular formula is C30H35N5O3S2. The lowest BCUT2D eigenvalue weighted by Gasteiger charge is -2.27. The minimum Gasteiger partial charge on any atom is -0.352 e. The minimum atomic E-state index is -0.698. The smallest absolute Gasteiger partial charge is 0.312 e. The third-order valence-corrected chi connectivity index (χ3v) is 8.70. The van der Waals surface area contributed by atoms with E-state index in [4.69, 9.17) is 11.5 Å². The molecule has 1 aliphatic heterocycles. The highest BCUT2D eigenvalue weighted by atomic mass is 32.2. The van der Waals surface area contributed by atoms with Crippen molar-refractivity contribution in [1.29, 1.82) is 0 Å². The van der Waals surface area contributed by atoms with E-state index in [9.17, 15) is 14.4 Å². The number of rotatable bonds is 9. The summed E-state index contributed by atoms with van der Waals surface area (Å²) in [5.41, 5.74) is 16.0. The predicted octanol–water partition coefficient (Wildman–Crippen LogP) is 4.35. The zero-order valence-electron chi connectivity index (χ0n) is 22.8. The van der Waals surface area contributed by atoms with E-state index in [1.165, 1.54) is 0 Å². The van der Waals surface area contributed by atoms with Crippen LogP contribution in [0.4, 0.5) is 10.5 Å². The standard InChI is InChI=1S/C30H35N5O3S2/c1-18(2)27(31)28(36)34-24-17-40-26-14-22(39-3)12-13-25(26)35(29(24)37)16-19-8-10-20(11-9-19)23-7-5-4-6-21(23)15-33-30(32)38/h4-14,18,24,27H,15-17,31H2,1-3H3,(H,34,36)(H3,32,33,38)/t24-,27?/m1/s1. The van der Waals surface area contributed by atoms with Crippen LogP contribution in [0, 0.1) is 5.92 Å². The third-order valence-electron chi connectivity index (χ3n) is 6.84. The first kappa shape index (κ1) is 29.5. The van der Waals surface area contributed by atoms with Gasteiger partial charge in [-0.2, -0.15) is 0 Å². The molecule has 4 rings (SSSR count). The molecule has 0 spiro atoms. The molecule has 8 nitrogen and oxygen atoms in total. The van der Waals surface area contributed by atoms with Crippen LogP contribution in [0.1, 0.15) is 25.0 Å². The molecule has 10 heteroatoms. The van der Waals surface area contributed by atoms with E-state index in [-0.39, 0.29) is 17.7 Å². The summed E-state index contributed by atoms with van der Waals surface area (Å²) in [5.74, 6) is -0.106. The van der Waals surface area contributed by atoms with Crippen molar-refractivity contribution in [1.82, 2.24) is 10.6 Å². The Morgan fingerprint density at radius 3 is 2.50 bits per heavy atom. The molecule has 0 fully saturated rings. The Bertz CT molecular complexity index is 1380. The topological polar surface area (TPSA) is 131 Å². The Kier molecular flexibility index (Phi) is 9.78. The Labute approximate surface area is 243 Å². The van der Waals surface area contributed by atoms with E-state index in [1.54, 1.807) is 28.4 Å². The Morgan fingerprint density at radius 2 is 1.82 bits per heavy atom. The number of amides is 4. The molecular weight excluding hydrogens is 542 g/mol. The largest absolute Gasteiger partial charge is 0.352 e. The van der Waals surface area contributed by atoms with E-state index in [1.807, 2.05) is 80.8 Å². The second-order valence-electron chi connectivity index (χ2n) is 9.97. The van der Waals surface area contributed by atoms with Gasteiger partial charge in [0, 0.05) is 22.1 Å². The van der Waals surface area contributed by atoms with Crippen LogP contribution in [0.5, 0.6) is 0 Å². The van der Waals surface area contributed by atoms with Gasteiger partial charge in [-0.15, -0.1) is 23.5 Å². The molecule has 0 bridgehead atoms. The number of nitrogens with zero attached hydrogens (tertiary/aromatic N) is 1. The summed E-state index contributed by atoms with van der Waals surface area (Å²) >= 11 is 3.21. The normalized spacial score (nSPS) is 15.8. The number of carbonyl (C=O) groups excluding carboxylic acids is 3. The van der Waals surface area contributed by atoms with Crippen LogP contribution in [0.3, 0.4) is 0 Å². The molecule has 2 atom stereocenters.